The van der Waals surface area contributed by atoms with E-state index < -0.39 is 17.4 Å². The van der Waals surface area contributed by atoms with Gasteiger partial charge in [-0.1, -0.05) is 0 Å². The van der Waals surface area contributed by atoms with E-state index in [1.807, 2.05) is 3.28 Å². The van der Waals surface area contributed by atoms with E-state index in [9.17, 15) is 0 Å². The second-order valence-electron chi connectivity index (χ2n) is 9.82. The molecule has 4 rings (SSSR count). The molecule has 0 fully saturated rings. The summed E-state index contributed by atoms with van der Waals surface area (Å²) in [6.45, 7) is 17.2. The van der Waals surface area contributed by atoms with E-state index in [0.717, 1.165) is 0 Å². The molecule has 2 aliphatic rings. The van der Waals surface area contributed by atoms with Crippen LogP contribution in [-0.2, 0) is 17.4 Å². The summed E-state index contributed by atoms with van der Waals surface area (Å²) in [6.07, 6.45) is 2.70. The minimum absolute atomic E-state index is 0. The maximum Gasteiger partial charge on any atom is -0.147 e. The zero-order valence-electron chi connectivity index (χ0n) is 20.4. The smallest absolute Gasteiger partial charge is 0.147 e. The Labute approximate surface area is 210 Å². The Bertz CT molecular complexity index is 1160. The average molecular weight is 565 g/mol. The molecule has 2 aliphatic carbocycles. The molecule has 0 amide bonds. The molecular formula is C28H38Cl2SiZr. The Kier molecular flexibility index (Phi) is 8.54. The molecule has 4 heteroatoms. The fraction of sp³-hybridized carbons (Fsp3) is 0.357. The maximum atomic E-state index is 2.70. The summed E-state index contributed by atoms with van der Waals surface area (Å²) in [6, 6.07) is 20.3. The predicted octanol–water partition coefficient (Wildman–Crippen LogP) is 8.39. The topological polar surface area (TPSA) is 0 Å². The van der Waals surface area contributed by atoms with E-state index in [0.29, 0.717) is 9.54 Å². The third kappa shape index (κ3) is 3.84. The summed E-state index contributed by atoms with van der Waals surface area (Å²) < 4.78 is 5.19. The van der Waals surface area contributed by atoms with Gasteiger partial charge >= 0.3 is 187 Å². The summed E-state index contributed by atoms with van der Waals surface area (Å²) in [4.78, 5) is 0. The van der Waals surface area contributed by atoms with E-state index >= 15 is 0 Å². The van der Waals surface area contributed by atoms with Crippen LogP contribution in [0.2, 0.25) is 8.26 Å². The van der Waals surface area contributed by atoms with Crippen LogP contribution in [0.3, 0.4) is 0 Å². The van der Waals surface area contributed by atoms with Crippen LogP contribution in [0.5, 0.6) is 0 Å². The van der Waals surface area contributed by atoms with Gasteiger partial charge in [-0.15, -0.1) is 24.8 Å². The van der Waals surface area contributed by atoms with Crippen molar-refractivity contribution in [2.24, 2.45) is 5.92 Å². The minimum atomic E-state index is -3.40. The second-order valence-corrected chi connectivity index (χ2v) is 36.6. The first-order valence-corrected chi connectivity index (χ1v) is 23.6. The number of benzene rings is 2. The van der Waals surface area contributed by atoms with Crippen molar-refractivity contribution >= 4 is 37.3 Å². The second kappa shape index (κ2) is 9.91. The number of hydrogen-bond donors (Lipinski definition) is 0. The van der Waals surface area contributed by atoms with Gasteiger partial charge in [0.1, 0.15) is 0 Å². The van der Waals surface area contributed by atoms with Crippen LogP contribution in [0.25, 0.3) is 5.57 Å². The van der Waals surface area contributed by atoms with Gasteiger partial charge in [-0.25, -0.2) is 0 Å². The van der Waals surface area contributed by atoms with Crippen molar-refractivity contribution in [1.82, 2.24) is 0 Å². The molecule has 0 heterocycles. The van der Waals surface area contributed by atoms with Gasteiger partial charge in [0, 0.05) is 0 Å². The fourth-order valence-electron chi connectivity index (χ4n) is 6.55. The third-order valence-electron chi connectivity index (χ3n) is 8.95. The number of fused-ring (bicyclic) bond motifs is 1. The van der Waals surface area contributed by atoms with E-state index in [1.54, 1.807) is 22.3 Å². The van der Waals surface area contributed by atoms with E-state index in [2.05, 4.69) is 109 Å². The van der Waals surface area contributed by atoms with Gasteiger partial charge in [0.25, 0.3) is 0 Å². The molecule has 0 aromatic heterocycles. The average Bonchev–Trinajstić information content (AvgIpc) is 3.27. The normalized spacial score (nSPS) is 20.5. The molecule has 0 spiro atoms. The number of halogens is 2. The van der Waals surface area contributed by atoms with Crippen LogP contribution < -0.4 is 0 Å². The van der Waals surface area contributed by atoms with E-state index in [-0.39, 0.29) is 24.8 Å². The Balaban J connectivity index is 0.00000181. The van der Waals surface area contributed by atoms with Gasteiger partial charge in [0.15, 0.2) is 0 Å². The molecule has 0 bridgehead atoms. The number of hydrogen-bond acceptors (Lipinski definition) is 0. The van der Waals surface area contributed by atoms with E-state index in [4.69, 9.17) is 0 Å². The standard InChI is InChI=1S/C15H11.C9H13.2C2H5.2ClH.H2Si.Zr/c1-2-6-12(7-3-1)15-11-10-13-8-4-5-9-14(13)15;1-6-5-7(2)9(4)8(6)3;2*1-2;;;;/h1-11H;6H,1-4H3;2*1H2,2H3;2*1H;1H2;. The first-order chi connectivity index (χ1) is 14.3. The summed E-state index contributed by atoms with van der Waals surface area (Å²) in [7, 11) is 0. The van der Waals surface area contributed by atoms with Gasteiger partial charge in [-0.3, -0.25) is 0 Å². The van der Waals surface area contributed by atoms with Crippen LogP contribution in [0.4, 0.5) is 0 Å². The quantitative estimate of drug-likeness (QED) is 0.320. The molecule has 2 aromatic carbocycles. The van der Waals surface area contributed by atoms with Crippen molar-refractivity contribution in [1.29, 1.82) is 0 Å². The summed E-state index contributed by atoms with van der Waals surface area (Å²) in [5, 5.41) is 0. The fourth-order valence-corrected chi connectivity index (χ4v) is 28.5. The molecule has 2 atom stereocenters. The van der Waals surface area contributed by atoms with E-state index in [1.165, 1.54) is 25.0 Å². The molecule has 2 unspecified atom stereocenters. The van der Waals surface area contributed by atoms with Gasteiger partial charge in [0.05, 0.1) is 0 Å². The molecule has 32 heavy (non-hydrogen) atoms. The Morgan fingerprint density at radius 1 is 0.812 bits per heavy atom. The van der Waals surface area contributed by atoms with Crippen LogP contribution in [0.1, 0.15) is 61.9 Å². The first-order valence-electron chi connectivity index (χ1n) is 11.6. The van der Waals surface area contributed by atoms with Crippen molar-refractivity contribution in [3.05, 3.63) is 97.4 Å². The Morgan fingerprint density at radius 3 is 1.91 bits per heavy atom. The van der Waals surface area contributed by atoms with Crippen LogP contribution in [-0.4, -0.2) is 6.88 Å². The van der Waals surface area contributed by atoms with Gasteiger partial charge in [0.2, 0.25) is 0 Å². The van der Waals surface area contributed by atoms with Crippen LogP contribution in [0, 0.1) is 5.92 Å². The van der Waals surface area contributed by atoms with Crippen molar-refractivity contribution in [3.8, 4) is 0 Å². The molecule has 0 saturated carbocycles. The molecule has 0 saturated heterocycles. The third-order valence-corrected chi connectivity index (χ3v) is 39.1. The van der Waals surface area contributed by atoms with Crippen molar-refractivity contribution in [2.75, 3.05) is 0 Å². The summed E-state index contributed by atoms with van der Waals surface area (Å²) >= 11 is -3.40. The molecule has 2 aromatic rings. The number of allylic oxidation sites excluding steroid dienone is 5. The molecule has 0 radical (unpaired) electrons. The minimum Gasteiger partial charge on any atom is -0.147 e. The van der Waals surface area contributed by atoms with Gasteiger partial charge < -0.3 is 0 Å². The summed E-state index contributed by atoms with van der Waals surface area (Å²) in [5.74, 6) is 0.606. The van der Waals surface area contributed by atoms with Crippen molar-refractivity contribution in [3.63, 3.8) is 0 Å². The summed E-state index contributed by atoms with van der Waals surface area (Å²) in [5.41, 5.74) is 10.7. The van der Waals surface area contributed by atoms with Crippen LogP contribution in [0.15, 0.2) is 80.7 Å². The van der Waals surface area contributed by atoms with Gasteiger partial charge in [-0.2, -0.15) is 0 Å². The Morgan fingerprint density at radius 2 is 1.38 bits per heavy atom. The molecule has 0 aliphatic heterocycles. The molecule has 0 nitrogen and oxygen atoms in total. The largest absolute Gasteiger partial charge is 0.147 e. The molecular weight excluding hydrogens is 527 g/mol. The van der Waals surface area contributed by atoms with Crippen molar-refractivity contribution < 1.29 is 17.4 Å². The maximum absolute atomic E-state index is 3.40. The molecule has 172 valence electrons. The number of rotatable bonds is 5. The SMILES string of the molecule is C[CH2][Zr](=[SiH2])([CH2]C)([C]1=C(C)C(C)=C(C)C1C)[CH]1C=C(c2ccccc2)c2ccccc21.Cl.Cl. The van der Waals surface area contributed by atoms with Crippen molar-refractivity contribution in [2.45, 2.75) is 53.4 Å². The Hall–Kier alpha value is -0.660. The monoisotopic (exact) mass is 562 g/mol. The predicted molar refractivity (Wildman–Crippen MR) is 147 cm³/mol. The van der Waals surface area contributed by atoms with Crippen LogP contribution >= 0.6 is 24.8 Å². The molecule has 0 N–H and O–H groups in total. The zero-order valence-corrected chi connectivity index (χ0v) is 25.9. The van der Waals surface area contributed by atoms with Gasteiger partial charge in [-0.05, 0) is 0 Å². The first kappa shape index (κ1) is 27.6. The zero-order chi connectivity index (χ0) is 21.7.